The van der Waals surface area contributed by atoms with E-state index >= 15 is 0 Å². The third kappa shape index (κ3) is 3.31. The predicted molar refractivity (Wildman–Crippen MR) is 94.6 cm³/mol. The molecule has 138 valence electrons. The van der Waals surface area contributed by atoms with Gasteiger partial charge in [0.15, 0.2) is 11.6 Å². The highest BCUT2D eigenvalue weighted by Crippen LogP contribution is 2.34. The Morgan fingerprint density at radius 3 is 2.81 bits per heavy atom. The van der Waals surface area contributed by atoms with Crippen LogP contribution in [0.15, 0.2) is 46.8 Å². The number of nitrogens with zero attached hydrogens (tertiary/aromatic N) is 3. The minimum absolute atomic E-state index is 0.280. The van der Waals surface area contributed by atoms with Crippen molar-refractivity contribution in [1.82, 2.24) is 19.5 Å². The molecular formula is C17H11F3N4O2S. The van der Waals surface area contributed by atoms with Gasteiger partial charge in [0.2, 0.25) is 0 Å². The number of nitrogens with one attached hydrogen (secondary N) is 1. The molecule has 4 aromatic rings. The number of alkyl halides is 3. The summed E-state index contributed by atoms with van der Waals surface area (Å²) in [6, 6.07) is 5.56. The molecule has 1 aromatic carbocycles. The van der Waals surface area contributed by atoms with Gasteiger partial charge in [-0.1, -0.05) is 12.1 Å². The molecule has 0 amide bonds. The lowest BCUT2D eigenvalue weighted by atomic mass is 10.1. The SMILES string of the molecule is Cn1ccnc1-c1nc2c(-c3cccc(OC(F)(F)F)c3)csc2c(=O)[nH]1. The molecule has 0 bridgehead atoms. The molecule has 0 unspecified atom stereocenters. The van der Waals surface area contributed by atoms with Crippen LogP contribution in [0.25, 0.3) is 33.0 Å². The van der Waals surface area contributed by atoms with Crippen molar-refractivity contribution in [3.05, 3.63) is 52.4 Å². The van der Waals surface area contributed by atoms with E-state index in [-0.39, 0.29) is 17.1 Å². The summed E-state index contributed by atoms with van der Waals surface area (Å²) < 4.78 is 43.5. The topological polar surface area (TPSA) is 72.8 Å². The van der Waals surface area contributed by atoms with Crippen LogP contribution in [0.5, 0.6) is 5.75 Å². The van der Waals surface area contributed by atoms with Gasteiger partial charge in [0.25, 0.3) is 5.56 Å². The van der Waals surface area contributed by atoms with Gasteiger partial charge in [0.05, 0.1) is 5.52 Å². The van der Waals surface area contributed by atoms with Crippen molar-refractivity contribution in [2.45, 2.75) is 6.36 Å². The number of benzene rings is 1. The number of aromatic amines is 1. The molecule has 3 heterocycles. The summed E-state index contributed by atoms with van der Waals surface area (Å²) in [6.45, 7) is 0. The highest BCUT2D eigenvalue weighted by Gasteiger charge is 2.31. The van der Waals surface area contributed by atoms with Crippen LogP contribution in [0.3, 0.4) is 0 Å². The molecule has 0 saturated heterocycles. The smallest absolute Gasteiger partial charge is 0.406 e. The number of aryl methyl sites for hydroxylation is 1. The second kappa shape index (κ2) is 6.23. The lowest BCUT2D eigenvalue weighted by molar-refractivity contribution is -0.274. The van der Waals surface area contributed by atoms with Crippen molar-refractivity contribution in [1.29, 1.82) is 0 Å². The van der Waals surface area contributed by atoms with Crippen molar-refractivity contribution < 1.29 is 17.9 Å². The molecule has 4 rings (SSSR count). The number of hydrogen-bond acceptors (Lipinski definition) is 5. The lowest BCUT2D eigenvalue weighted by Crippen LogP contribution is -2.17. The lowest BCUT2D eigenvalue weighted by Gasteiger charge is -2.09. The molecule has 27 heavy (non-hydrogen) atoms. The molecule has 1 N–H and O–H groups in total. The van der Waals surface area contributed by atoms with Gasteiger partial charge in [-0.3, -0.25) is 4.79 Å². The average Bonchev–Trinajstić information content (AvgIpc) is 3.19. The van der Waals surface area contributed by atoms with E-state index in [2.05, 4.69) is 19.7 Å². The average molecular weight is 392 g/mol. The maximum absolute atomic E-state index is 12.5. The summed E-state index contributed by atoms with van der Waals surface area (Å²) >= 11 is 1.17. The quantitative estimate of drug-likeness (QED) is 0.573. The molecule has 3 aromatic heterocycles. The van der Waals surface area contributed by atoms with E-state index in [1.165, 1.54) is 29.5 Å². The van der Waals surface area contributed by atoms with Crippen molar-refractivity contribution in [3.63, 3.8) is 0 Å². The van der Waals surface area contributed by atoms with E-state index in [0.29, 0.717) is 27.2 Å². The van der Waals surface area contributed by atoms with Crippen LogP contribution in [0, 0.1) is 0 Å². The van der Waals surface area contributed by atoms with E-state index < -0.39 is 6.36 Å². The van der Waals surface area contributed by atoms with Crippen LogP contribution in [0.4, 0.5) is 13.2 Å². The maximum atomic E-state index is 12.5. The van der Waals surface area contributed by atoms with Crippen LogP contribution in [-0.4, -0.2) is 25.9 Å². The summed E-state index contributed by atoms with van der Waals surface area (Å²) in [5.74, 6) is 0.413. The molecule has 0 radical (unpaired) electrons. The van der Waals surface area contributed by atoms with Gasteiger partial charge in [-0.05, 0) is 17.7 Å². The number of aromatic nitrogens is 4. The number of H-pyrrole nitrogens is 1. The Balaban J connectivity index is 1.86. The first kappa shape index (κ1) is 17.3. The maximum Gasteiger partial charge on any atom is 0.573 e. The fourth-order valence-electron chi connectivity index (χ4n) is 2.69. The van der Waals surface area contributed by atoms with Crippen molar-refractivity contribution in [2.24, 2.45) is 7.05 Å². The van der Waals surface area contributed by atoms with E-state index in [9.17, 15) is 18.0 Å². The van der Waals surface area contributed by atoms with E-state index in [0.717, 1.165) is 0 Å². The Labute approximate surface area is 153 Å². The van der Waals surface area contributed by atoms with Crippen LogP contribution < -0.4 is 10.3 Å². The molecule has 0 fully saturated rings. The first-order chi connectivity index (χ1) is 12.8. The van der Waals surface area contributed by atoms with E-state index in [1.54, 1.807) is 35.5 Å². The second-order valence-corrected chi connectivity index (χ2v) is 6.56. The van der Waals surface area contributed by atoms with Crippen LogP contribution in [0.1, 0.15) is 0 Å². The zero-order valence-corrected chi connectivity index (χ0v) is 14.6. The monoisotopic (exact) mass is 392 g/mol. The Morgan fingerprint density at radius 2 is 2.11 bits per heavy atom. The number of ether oxygens (including phenoxy) is 1. The first-order valence-electron chi connectivity index (χ1n) is 7.67. The van der Waals surface area contributed by atoms with E-state index in [1.807, 2.05) is 0 Å². The summed E-state index contributed by atoms with van der Waals surface area (Å²) in [7, 11) is 1.76. The van der Waals surface area contributed by atoms with Crippen LogP contribution in [0.2, 0.25) is 0 Å². The molecule has 0 spiro atoms. The number of hydrogen-bond donors (Lipinski definition) is 1. The van der Waals surface area contributed by atoms with Gasteiger partial charge in [-0.15, -0.1) is 24.5 Å². The van der Waals surface area contributed by atoms with Gasteiger partial charge < -0.3 is 14.3 Å². The van der Waals surface area contributed by atoms with E-state index in [4.69, 9.17) is 0 Å². The fraction of sp³-hybridized carbons (Fsp3) is 0.118. The largest absolute Gasteiger partial charge is 0.573 e. The zero-order valence-electron chi connectivity index (χ0n) is 13.7. The molecule has 6 nitrogen and oxygen atoms in total. The van der Waals surface area contributed by atoms with Crippen molar-refractivity contribution >= 4 is 21.6 Å². The number of imidazole rings is 1. The third-order valence-corrected chi connectivity index (χ3v) is 4.81. The summed E-state index contributed by atoms with van der Waals surface area (Å²) in [6.07, 6.45) is -1.49. The van der Waals surface area contributed by atoms with Gasteiger partial charge in [-0.25, -0.2) is 9.97 Å². The van der Waals surface area contributed by atoms with Crippen molar-refractivity contribution in [2.75, 3.05) is 0 Å². The standard InChI is InChI=1S/C17H11F3N4O2S/c1-24-6-5-21-15(24)14-22-12-11(8-27-13(12)16(25)23-14)9-3-2-4-10(7-9)26-17(18,19)20/h2-8H,1H3,(H,22,23,25). The molecular weight excluding hydrogens is 381 g/mol. The number of thiophene rings is 1. The first-order valence-corrected chi connectivity index (χ1v) is 8.55. The predicted octanol–water partition coefficient (Wildman–Crippen LogP) is 3.95. The molecule has 0 atom stereocenters. The van der Waals surface area contributed by atoms with Gasteiger partial charge >= 0.3 is 6.36 Å². The Hall–Kier alpha value is -3.14. The summed E-state index contributed by atoms with van der Waals surface area (Å²) in [5.41, 5.74) is 1.07. The Kier molecular flexibility index (Phi) is 3.99. The molecule has 10 heteroatoms. The highest BCUT2D eigenvalue weighted by molar-refractivity contribution is 7.17. The van der Waals surface area contributed by atoms with Crippen molar-refractivity contribution in [3.8, 4) is 28.5 Å². The number of halogens is 3. The molecule has 0 saturated carbocycles. The summed E-state index contributed by atoms with van der Waals surface area (Å²) in [4.78, 5) is 23.7. The Morgan fingerprint density at radius 1 is 1.30 bits per heavy atom. The molecule has 0 aliphatic carbocycles. The van der Waals surface area contributed by atoms with Crippen LogP contribution >= 0.6 is 11.3 Å². The van der Waals surface area contributed by atoms with Crippen LogP contribution in [-0.2, 0) is 7.05 Å². The third-order valence-electron chi connectivity index (χ3n) is 3.84. The minimum Gasteiger partial charge on any atom is -0.406 e. The fourth-order valence-corrected chi connectivity index (χ4v) is 3.60. The highest BCUT2D eigenvalue weighted by atomic mass is 32.1. The molecule has 0 aliphatic rings. The van der Waals surface area contributed by atoms with Gasteiger partial charge in [0, 0.05) is 30.4 Å². The normalized spacial score (nSPS) is 11.9. The van der Waals surface area contributed by atoms with Gasteiger partial charge in [0.1, 0.15) is 10.4 Å². The number of fused-ring (bicyclic) bond motifs is 1. The zero-order chi connectivity index (χ0) is 19.2. The second-order valence-electron chi connectivity index (χ2n) is 5.68. The molecule has 0 aliphatic heterocycles. The minimum atomic E-state index is -4.78. The Bertz CT molecular complexity index is 1190. The van der Waals surface area contributed by atoms with Gasteiger partial charge in [-0.2, -0.15) is 0 Å². The number of rotatable bonds is 3. The summed E-state index contributed by atoms with van der Waals surface area (Å²) in [5, 5.41) is 1.68.